The molecule has 0 spiro atoms. The largest absolute Gasteiger partial charge is 0.409 e. The summed E-state index contributed by atoms with van der Waals surface area (Å²) in [6.07, 6.45) is 10.5. The smallest absolute Gasteiger partial charge is 0.381 e. The van der Waals surface area contributed by atoms with Crippen LogP contribution in [0.4, 0.5) is 5.69 Å². The Kier molecular flexibility index (Phi) is 11.8. The first-order valence-electron chi connectivity index (χ1n) is 16.6. The van der Waals surface area contributed by atoms with Crippen molar-refractivity contribution in [1.29, 1.82) is 0 Å². The summed E-state index contributed by atoms with van der Waals surface area (Å²) >= 11 is 1.28. The molecule has 1 atom stereocenters. The monoisotopic (exact) mass is 631 g/mol. The molecule has 244 valence electrons. The van der Waals surface area contributed by atoms with Crippen molar-refractivity contribution >= 4 is 28.9 Å². The molecule has 0 bridgehead atoms. The predicted octanol–water partition coefficient (Wildman–Crippen LogP) is 4.91. The molecule has 2 aliphatic carbocycles. The van der Waals surface area contributed by atoms with Gasteiger partial charge in [0, 0.05) is 37.2 Å². The lowest BCUT2D eigenvalue weighted by molar-refractivity contribution is -0.653. The molecule has 9 nitrogen and oxygen atoms in total. The number of ether oxygens (including phenoxy) is 4. The van der Waals surface area contributed by atoms with Crippen LogP contribution in [0.3, 0.4) is 0 Å². The second-order valence-corrected chi connectivity index (χ2v) is 14.8. The highest BCUT2D eigenvalue weighted by Gasteiger charge is 2.38. The molecule has 44 heavy (non-hydrogen) atoms. The Hall–Kier alpha value is -2.00. The lowest BCUT2D eigenvalue weighted by Crippen LogP contribution is -2.51. The Morgan fingerprint density at radius 2 is 1.64 bits per heavy atom. The minimum atomic E-state index is -0.534. The molecule has 5 rings (SSSR count). The fourth-order valence-electron chi connectivity index (χ4n) is 6.80. The number of hydrogen-bond acceptors (Lipinski definition) is 8. The molecule has 4 fully saturated rings. The van der Waals surface area contributed by atoms with Crippen molar-refractivity contribution in [3.63, 3.8) is 0 Å². The molecule has 2 saturated heterocycles. The number of thiophene rings is 1. The van der Waals surface area contributed by atoms with E-state index in [1.165, 1.54) is 11.3 Å². The van der Waals surface area contributed by atoms with E-state index < -0.39 is 5.97 Å². The highest BCUT2D eigenvalue weighted by atomic mass is 32.1. The Balaban J connectivity index is 1.37. The van der Waals surface area contributed by atoms with Crippen LogP contribution in [0.25, 0.3) is 0 Å². The summed E-state index contributed by atoms with van der Waals surface area (Å²) in [5, 5.41) is 0. The van der Waals surface area contributed by atoms with E-state index in [0.717, 1.165) is 95.3 Å². The average Bonchev–Trinajstić information content (AvgIpc) is 3.71. The van der Waals surface area contributed by atoms with Gasteiger partial charge in [-0.15, -0.1) is 11.3 Å². The number of hydrogen-bond donors (Lipinski definition) is 1. The predicted molar refractivity (Wildman–Crippen MR) is 168 cm³/mol. The molecule has 1 unspecified atom stereocenters. The van der Waals surface area contributed by atoms with Gasteiger partial charge in [-0.05, 0) is 96.5 Å². The van der Waals surface area contributed by atoms with Gasteiger partial charge in [0.1, 0.15) is 4.88 Å². The highest BCUT2D eigenvalue weighted by molar-refractivity contribution is 7.15. The number of amides is 1. The first-order valence-corrected chi connectivity index (χ1v) is 17.4. The third kappa shape index (κ3) is 8.83. The van der Waals surface area contributed by atoms with Gasteiger partial charge < -0.3 is 23.8 Å². The molecular weight excluding hydrogens is 580 g/mol. The minimum absolute atomic E-state index is 0.0161. The van der Waals surface area contributed by atoms with Crippen LogP contribution in [0.5, 0.6) is 0 Å². The van der Waals surface area contributed by atoms with Gasteiger partial charge >= 0.3 is 5.97 Å². The third-order valence-electron chi connectivity index (χ3n) is 9.55. The SMILES string of the molecule is CC1CCC(C(=O)N(c2cc(C#CC(C)(C)COC3CCOCC3)sc2C(=O)O[NH3+])C2CCC(OC3CCOC3)CC2)CC1. The Morgan fingerprint density at radius 3 is 2.30 bits per heavy atom. The fourth-order valence-corrected chi connectivity index (χ4v) is 7.70. The number of anilines is 1. The number of carbonyl (C=O) groups excluding carboxylic acids is 2. The van der Waals surface area contributed by atoms with Crippen LogP contribution in [-0.4, -0.2) is 69.3 Å². The Labute approximate surface area is 266 Å². The molecule has 3 heterocycles. The first kappa shape index (κ1) is 33.4. The zero-order chi connectivity index (χ0) is 31.1. The van der Waals surface area contributed by atoms with E-state index in [0.29, 0.717) is 29.7 Å². The summed E-state index contributed by atoms with van der Waals surface area (Å²) in [6.45, 7) is 9.80. The van der Waals surface area contributed by atoms with Crippen molar-refractivity contribution in [2.45, 2.75) is 116 Å². The molecular formula is C34H51N2O7S+. The van der Waals surface area contributed by atoms with Gasteiger partial charge in [0.2, 0.25) is 5.91 Å². The summed E-state index contributed by atoms with van der Waals surface area (Å²) in [6, 6.07) is 1.90. The molecule has 1 aromatic heterocycles. The van der Waals surface area contributed by atoms with Crippen molar-refractivity contribution in [1.82, 2.24) is 0 Å². The van der Waals surface area contributed by atoms with Crippen LogP contribution >= 0.6 is 11.3 Å². The van der Waals surface area contributed by atoms with Crippen LogP contribution in [0, 0.1) is 29.1 Å². The molecule has 2 saturated carbocycles. The van der Waals surface area contributed by atoms with Gasteiger partial charge in [-0.25, -0.2) is 4.79 Å². The van der Waals surface area contributed by atoms with Crippen LogP contribution < -0.4 is 10.8 Å². The Morgan fingerprint density at radius 1 is 0.955 bits per heavy atom. The number of rotatable bonds is 9. The molecule has 3 N–H and O–H groups in total. The van der Waals surface area contributed by atoms with Crippen molar-refractivity contribution in [2.24, 2.45) is 17.3 Å². The number of carbonyl (C=O) groups is 2. The standard InChI is InChI=1S/C34H51N2O7S/c1-23-4-6-24(7-5-23)32(37)36(25-8-10-27(11-9-25)42-28-15-19-40-21-28)30-20-29(44-31(30)33(38)43-35)12-16-34(2,3)22-41-26-13-17-39-18-14-26/h20,23-28H,4-11,13-15,17-19,21-22H2,1-3,35H3/q+1. The molecule has 0 aromatic carbocycles. The van der Waals surface area contributed by atoms with E-state index in [1.54, 1.807) is 0 Å². The lowest BCUT2D eigenvalue weighted by atomic mass is 9.81. The average molecular weight is 632 g/mol. The fraction of sp³-hybridized carbons (Fsp3) is 0.765. The lowest BCUT2D eigenvalue weighted by Gasteiger charge is -2.39. The third-order valence-corrected chi connectivity index (χ3v) is 10.6. The molecule has 1 amide bonds. The minimum Gasteiger partial charge on any atom is -0.381 e. The van der Waals surface area contributed by atoms with Gasteiger partial charge in [-0.3, -0.25) is 9.63 Å². The molecule has 0 radical (unpaired) electrons. The van der Waals surface area contributed by atoms with E-state index in [9.17, 15) is 9.59 Å². The van der Waals surface area contributed by atoms with Crippen molar-refractivity contribution in [2.75, 3.05) is 37.9 Å². The summed E-state index contributed by atoms with van der Waals surface area (Å²) < 4.78 is 23.5. The van der Waals surface area contributed by atoms with E-state index in [2.05, 4.69) is 38.5 Å². The molecule has 2 aliphatic heterocycles. The van der Waals surface area contributed by atoms with Crippen molar-refractivity contribution in [3.8, 4) is 11.8 Å². The van der Waals surface area contributed by atoms with Gasteiger partial charge in [0.05, 0.1) is 42.1 Å². The quantitative estimate of drug-likeness (QED) is 0.305. The Bertz CT molecular complexity index is 1160. The van der Waals surface area contributed by atoms with Crippen LogP contribution in [0.2, 0.25) is 0 Å². The van der Waals surface area contributed by atoms with Gasteiger partial charge in [-0.1, -0.05) is 18.8 Å². The van der Waals surface area contributed by atoms with E-state index in [1.807, 2.05) is 11.0 Å². The molecule has 10 heteroatoms. The van der Waals surface area contributed by atoms with Gasteiger partial charge in [0.15, 0.2) is 0 Å². The second-order valence-electron chi connectivity index (χ2n) is 13.7. The maximum Gasteiger partial charge on any atom is 0.409 e. The summed E-state index contributed by atoms with van der Waals surface area (Å²) in [4.78, 5) is 35.5. The second kappa shape index (κ2) is 15.5. The summed E-state index contributed by atoms with van der Waals surface area (Å²) in [5.74, 6) is 10.3. The first-order chi connectivity index (χ1) is 21.2. The maximum atomic E-state index is 14.3. The summed E-state index contributed by atoms with van der Waals surface area (Å²) in [7, 11) is 0. The van der Waals surface area contributed by atoms with Crippen molar-refractivity contribution in [3.05, 3.63) is 15.8 Å². The molecule has 4 aliphatic rings. The van der Waals surface area contributed by atoms with Gasteiger partial charge in [-0.2, -0.15) is 5.90 Å². The van der Waals surface area contributed by atoms with Gasteiger partial charge in [0.25, 0.3) is 0 Å². The van der Waals surface area contributed by atoms with Crippen LogP contribution in [-0.2, 0) is 28.6 Å². The normalized spacial score (nSPS) is 28.2. The molecule has 1 aromatic rings. The van der Waals surface area contributed by atoms with Crippen molar-refractivity contribution < 1.29 is 39.3 Å². The topological polar surface area (TPSA) is 111 Å². The van der Waals surface area contributed by atoms with Crippen LogP contribution in [0.1, 0.15) is 106 Å². The summed E-state index contributed by atoms with van der Waals surface area (Å²) in [5.41, 5.74) is 0.230. The maximum absolute atomic E-state index is 14.3. The zero-order valence-electron chi connectivity index (χ0n) is 26.8. The van der Waals surface area contributed by atoms with E-state index >= 15 is 0 Å². The van der Waals surface area contributed by atoms with Crippen LogP contribution in [0.15, 0.2) is 6.07 Å². The van der Waals surface area contributed by atoms with E-state index in [-0.39, 0.29) is 41.6 Å². The van der Waals surface area contributed by atoms with E-state index in [4.69, 9.17) is 23.8 Å². The number of quaternary nitrogens is 1. The zero-order valence-corrected chi connectivity index (χ0v) is 27.6. The highest BCUT2D eigenvalue weighted by Crippen LogP contribution is 2.39. The number of nitrogens with zero attached hydrogens (tertiary/aromatic N) is 1.